The lowest BCUT2D eigenvalue weighted by Crippen LogP contribution is -2.09. The van der Waals surface area contributed by atoms with Crippen molar-refractivity contribution in [2.24, 2.45) is 0 Å². The van der Waals surface area contributed by atoms with Crippen molar-refractivity contribution < 1.29 is 4.57 Å². The third-order valence-corrected chi connectivity index (χ3v) is 7.91. The van der Waals surface area contributed by atoms with Crippen molar-refractivity contribution in [3.05, 3.63) is 109 Å². The predicted molar refractivity (Wildman–Crippen MR) is 131 cm³/mol. The van der Waals surface area contributed by atoms with Gasteiger partial charge in [0, 0.05) is 10.6 Å². The number of benzene rings is 6. The van der Waals surface area contributed by atoms with E-state index in [9.17, 15) is 4.57 Å². The summed E-state index contributed by atoms with van der Waals surface area (Å²) >= 11 is 0. The molecule has 6 aromatic carbocycles. The van der Waals surface area contributed by atoms with Crippen LogP contribution in [0.1, 0.15) is 0 Å². The maximum Gasteiger partial charge on any atom is 0.133 e. The molecular formula is C28H19OP. The van der Waals surface area contributed by atoms with Crippen LogP contribution in [0.3, 0.4) is 0 Å². The Kier molecular flexibility index (Phi) is 3.97. The second-order valence-corrected chi connectivity index (χ2v) is 9.44. The second-order valence-electron chi connectivity index (χ2n) is 7.70. The molecule has 0 bridgehead atoms. The van der Waals surface area contributed by atoms with Gasteiger partial charge in [-0.25, -0.2) is 0 Å². The largest absolute Gasteiger partial charge is 0.317 e. The minimum atomic E-state index is -2.18. The Morgan fingerprint density at radius 2 is 0.800 bits per heavy atom. The average molecular weight is 402 g/mol. The summed E-state index contributed by atoms with van der Waals surface area (Å²) in [7, 11) is -2.18. The van der Waals surface area contributed by atoms with Crippen molar-refractivity contribution in [1.82, 2.24) is 0 Å². The minimum absolute atomic E-state index is 0.934. The number of fused-ring (bicyclic) bond motifs is 6. The third-order valence-electron chi connectivity index (χ3n) is 6.06. The average Bonchev–Trinajstić information content (AvgIpc) is 2.82. The lowest BCUT2D eigenvalue weighted by molar-refractivity contribution is 0.598. The van der Waals surface area contributed by atoms with Gasteiger partial charge in [-0.3, -0.25) is 0 Å². The smallest absolute Gasteiger partial charge is 0.133 e. The van der Waals surface area contributed by atoms with E-state index in [2.05, 4.69) is 84.9 Å². The van der Waals surface area contributed by atoms with Crippen molar-refractivity contribution in [3.8, 4) is 0 Å². The van der Waals surface area contributed by atoms with Crippen LogP contribution in [0.2, 0.25) is 0 Å². The fraction of sp³-hybridized carbons (Fsp3) is 0. The van der Waals surface area contributed by atoms with Crippen LogP contribution in [0.5, 0.6) is 0 Å². The van der Waals surface area contributed by atoms with Crippen molar-refractivity contribution in [2.75, 3.05) is 0 Å². The Balaban J connectivity index is 1.62. The zero-order chi connectivity index (χ0) is 20.1. The maximum atomic E-state index is 13.9. The first-order chi connectivity index (χ1) is 14.8. The molecule has 0 saturated heterocycles. The van der Waals surface area contributed by atoms with Crippen molar-refractivity contribution in [2.45, 2.75) is 0 Å². The molecule has 2 heteroatoms. The lowest BCUT2D eigenvalue weighted by atomic mass is 10.0. The number of rotatable bonds is 2. The molecule has 142 valence electrons. The zero-order valence-corrected chi connectivity index (χ0v) is 17.3. The summed E-state index contributed by atoms with van der Waals surface area (Å²) in [6, 6.07) is 37.7. The van der Waals surface area contributed by atoms with Crippen LogP contribution in [0.4, 0.5) is 0 Å². The fourth-order valence-electron chi connectivity index (χ4n) is 4.62. The maximum absolute atomic E-state index is 13.9. The molecule has 0 amide bonds. The molecule has 0 aliphatic heterocycles. The quantitative estimate of drug-likeness (QED) is 0.230. The molecular weight excluding hydrogens is 383 g/mol. The van der Waals surface area contributed by atoms with Crippen LogP contribution in [0.25, 0.3) is 43.1 Å². The van der Waals surface area contributed by atoms with Crippen LogP contribution in [0.15, 0.2) is 109 Å². The molecule has 0 fully saturated rings. The number of hydrogen-bond acceptors (Lipinski definition) is 1. The molecule has 6 aromatic rings. The van der Waals surface area contributed by atoms with E-state index < -0.39 is 7.80 Å². The van der Waals surface area contributed by atoms with Crippen LogP contribution in [-0.2, 0) is 4.57 Å². The molecule has 0 aliphatic carbocycles. The zero-order valence-electron chi connectivity index (χ0n) is 16.3. The van der Waals surface area contributed by atoms with Gasteiger partial charge in [-0.1, -0.05) is 109 Å². The van der Waals surface area contributed by atoms with E-state index in [0.717, 1.165) is 32.2 Å². The van der Waals surface area contributed by atoms with Gasteiger partial charge in [-0.05, 0) is 43.1 Å². The van der Waals surface area contributed by atoms with Gasteiger partial charge >= 0.3 is 0 Å². The first-order valence-electron chi connectivity index (χ1n) is 10.2. The highest BCUT2D eigenvalue weighted by Crippen LogP contribution is 2.33. The van der Waals surface area contributed by atoms with E-state index in [1.54, 1.807) is 0 Å². The van der Waals surface area contributed by atoms with Gasteiger partial charge in [-0.15, -0.1) is 0 Å². The molecule has 30 heavy (non-hydrogen) atoms. The lowest BCUT2D eigenvalue weighted by Gasteiger charge is -2.12. The third kappa shape index (κ3) is 2.60. The molecule has 0 atom stereocenters. The van der Waals surface area contributed by atoms with Crippen molar-refractivity contribution in [1.29, 1.82) is 0 Å². The van der Waals surface area contributed by atoms with E-state index >= 15 is 0 Å². The molecule has 0 N–H and O–H groups in total. The second kappa shape index (κ2) is 6.83. The summed E-state index contributed by atoms with van der Waals surface area (Å²) in [6.45, 7) is 0. The molecule has 1 nitrogen and oxygen atoms in total. The molecule has 0 radical (unpaired) electrons. The van der Waals surface area contributed by atoms with Crippen molar-refractivity contribution in [3.63, 3.8) is 0 Å². The van der Waals surface area contributed by atoms with Crippen molar-refractivity contribution >= 4 is 61.5 Å². The van der Waals surface area contributed by atoms with Gasteiger partial charge in [0.2, 0.25) is 0 Å². The summed E-state index contributed by atoms with van der Waals surface area (Å²) in [4.78, 5) is 0. The molecule has 0 unspecified atom stereocenters. The molecule has 0 aliphatic rings. The Morgan fingerprint density at radius 3 is 1.30 bits per heavy atom. The van der Waals surface area contributed by atoms with Gasteiger partial charge in [0.1, 0.15) is 7.80 Å². The molecule has 0 heterocycles. The van der Waals surface area contributed by atoms with E-state index in [1.807, 2.05) is 24.3 Å². The summed E-state index contributed by atoms with van der Waals surface area (Å²) in [5, 5.41) is 11.2. The highest BCUT2D eigenvalue weighted by atomic mass is 31.1. The van der Waals surface area contributed by atoms with Crippen LogP contribution in [0, 0.1) is 0 Å². The van der Waals surface area contributed by atoms with E-state index in [1.165, 1.54) is 21.5 Å². The predicted octanol–water partition coefficient (Wildman–Crippen LogP) is 6.81. The first-order valence-corrected chi connectivity index (χ1v) is 11.6. The highest BCUT2D eigenvalue weighted by Gasteiger charge is 2.15. The van der Waals surface area contributed by atoms with Gasteiger partial charge < -0.3 is 4.57 Å². The normalized spacial score (nSPS) is 11.8. The van der Waals surface area contributed by atoms with Gasteiger partial charge in [0.25, 0.3) is 0 Å². The molecule has 0 saturated carbocycles. The standard InChI is InChI=1S/C28H19OP/c29-30(27-13-5-11-23-21-9-3-1-7-19(21)15-17-25(23)27)28-14-6-12-24-22-10-4-2-8-20(22)16-18-26(24)28/h1-18,30H. The summed E-state index contributed by atoms with van der Waals surface area (Å²) in [5.41, 5.74) is 0. The summed E-state index contributed by atoms with van der Waals surface area (Å²) in [5.74, 6) is 0. The van der Waals surface area contributed by atoms with Crippen LogP contribution in [-0.4, -0.2) is 0 Å². The monoisotopic (exact) mass is 402 g/mol. The molecule has 0 aromatic heterocycles. The first kappa shape index (κ1) is 17.4. The molecule has 0 spiro atoms. The van der Waals surface area contributed by atoms with E-state index in [-0.39, 0.29) is 0 Å². The number of hydrogen-bond donors (Lipinski definition) is 0. The van der Waals surface area contributed by atoms with E-state index in [0.29, 0.717) is 0 Å². The van der Waals surface area contributed by atoms with Gasteiger partial charge in [0.15, 0.2) is 0 Å². The van der Waals surface area contributed by atoms with Gasteiger partial charge in [-0.2, -0.15) is 0 Å². The highest BCUT2D eigenvalue weighted by molar-refractivity contribution is 7.62. The Labute approximate surface area is 175 Å². The van der Waals surface area contributed by atoms with Gasteiger partial charge in [0.05, 0.1) is 0 Å². The van der Waals surface area contributed by atoms with Crippen LogP contribution < -0.4 is 10.6 Å². The summed E-state index contributed by atoms with van der Waals surface area (Å²) < 4.78 is 13.9. The Hall–Kier alpha value is -3.41. The van der Waals surface area contributed by atoms with E-state index in [4.69, 9.17) is 0 Å². The topological polar surface area (TPSA) is 17.1 Å². The summed E-state index contributed by atoms with van der Waals surface area (Å²) in [6.07, 6.45) is 0. The minimum Gasteiger partial charge on any atom is -0.317 e. The Morgan fingerprint density at radius 1 is 0.367 bits per heavy atom. The van der Waals surface area contributed by atoms with Crippen LogP contribution >= 0.6 is 7.80 Å². The Bertz CT molecular complexity index is 1490. The SMILES string of the molecule is O=[PH](c1cccc2c1ccc1ccccc12)c1cccc2c1ccc1ccccc12. The molecule has 6 rings (SSSR count). The fourth-order valence-corrected chi connectivity index (χ4v) is 6.33.